The molecule has 5 rings (SSSR count). The van der Waals surface area contributed by atoms with Gasteiger partial charge in [0, 0.05) is 38.9 Å². The number of carbonyl (C=O) groups excluding carboxylic acids is 2. The third-order valence-corrected chi connectivity index (χ3v) is 7.63. The monoisotopic (exact) mass is 604 g/mol. The van der Waals surface area contributed by atoms with Gasteiger partial charge in [-0.25, -0.2) is 18.1 Å². The Morgan fingerprint density at radius 2 is 1.88 bits per heavy atom. The topological polar surface area (TPSA) is 135 Å². The zero-order chi connectivity index (χ0) is 30.7. The average Bonchev–Trinajstić information content (AvgIpc) is 3.65. The predicted molar refractivity (Wildman–Crippen MR) is 160 cm³/mol. The molecule has 2 aromatic carbocycles. The number of hydrogen-bond acceptors (Lipinski definition) is 9. The molecule has 0 spiro atoms. The van der Waals surface area contributed by atoms with Crippen LogP contribution in [0.2, 0.25) is 0 Å². The van der Waals surface area contributed by atoms with Crippen LogP contribution in [0.5, 0.6) is 5.75 Å². The minimum atomic E-state index is -3.85. The van der Waals surface area contributed by atoms with E-state index in [0.29, 0.717) is 30.2 Å². The molecule has 2 amide bonds. The average molecular weight is 605 g/mol. The lowest BCUT2D eigenvalue weighted by atomic mass is 9.95. The highest BCUT2D eigenvalue weighted by Gasteiger charge is 2.28. The molecule has 12 heteroatoms. The molecule has 0 saturated heterocycles. The van der Waals surface area contributed by atoms with Crippen molar-refractivity contribution in [3.8, 4) is 5.75 Å². The van der Waals surface area contributed by atoms with Gasteiger partial charge < -0.3 is 23.4 Å². The van der Waals surface area contributed by atoms with E-state index < -0.39 is 22.0 Å². The van der Waals surface area contributed by atoms with Gasteiger partial charge in [0.25, 0.3) is 5.91 Å². The number of nitrogens with one attached hydrogen (secondary N) is 1. The van der Waals surface area contributed by atoms with Crippen molar-refractivity contribution in [3.63, 3.8) is 0 Å². The molecule has 224 valence electrons. The standard InChI is InChI=1S/C31H32N4O7S/c1-20-29(32-19-41-20)30(21-7-9-24(10-8-21)34(2)3)42-27-17-23-18-35(28(36)12-11-25-6-5-15-40-25)14-13-22(23)16-26(27)31(37)33-43(4,38)39/h5-12,15-17,19,30H,13-14,18H2,1-4H3,(H,33,37)/b12-11+. The second-order valence-electron chi connectivity index (χ2n) is 10.5. The van der Waals surface area contributed by atoms with Gasteiger partial charge in [-0.3, -0.25) is 9.59 Å². The van der Waals surface area contributed by atoms with Crippen LogP contribution in [0.3, 0.4) is 0 Å². The fraction of sp³-hybridized carbons (Fsp3) is 0.258. The maximum Gasteiger partial charge on any atom is 0.268 e. The lowest BCUT2D eigenvalue weighted by molar-refractivity contribution is -0.126. The van der Waals surface area contributed by atoms with Crippen molar-refractivity contribution in [3.05, 3.63) is 107 Å². The van der Waals surface area contributed by atoms with E-state index >= 15 is 0 Å². The molecule has 1 aliphatic rings. The SMILES string of the molecule is Cc1ocnc1C(Oc1cc2c(cc1C(=O)NS(C)(=O)=O)CCN(C(=O)/C=C/c1ccco1)C2)c1ccc(N(C)C)cc1. The number of aromatic nitrogens is 1. The molecule has 43 heavy (non-hydrogen) atoms. The van der Waals surface area contributed by atoms with E-state index in [1.54, 1.807) is 42.2 Å². The molecule has 1 aliphatic heterocycles. The van der Waals surface area contributed by atoms with Crippen LogP contribution < -0.4 is 14.4 Å². The number of carbonyl (C=O) groups is 2. The second kappa shape index (κ2) is 12.2. The van der Waals surface area contributed by atoms with Gasteiger partial charge in [0.1, 0.15) is 23.0 Å². The zero-order valence-electron chi connectivity index (χ0n) is 24.2. The first kappa shape index (κ1) is 29.6. The molecule has 11 nitrogen and oxygen atoms in total. The van der Waals surface area contributed by atoms with Gasteiger partial charge in [-0.1, -0.05) is 12.1 Å². The van der Waals surface area contributed by atoms with Crippen LogP contribution in [0, 0.1) is 6.92 Å². The highest BCUT2D eigenvalue weighted by atomic mass is 32.2. The van der Waals surface area contributed by atoms with Gasteiger partial charge in [-0.15, -0.1) is 0 Å². The number of hydrogen-bond donors (Lipinski definition) is 1. The predicted octanol–water partition coefficient (Wildman–Crippen LogP) is 4.10. The quantitative estimate of drug-likeness (QED) is 0.280. The number of anilines is 1. The van der Waals surface area contributed by atoms with Gasteiger partial charge in [0.15, 0.2) is 12.5 Å². The maximum absolute atomic E-state index is 13.2. The number of rotatable bonds is 9. The summed E-state index contributed by atoms with van der Waals surface area (Å²) in [5, 5.41) is 0. The first-order valence-electron chi connectivity index (χ1n) is 13.5. The molecule has 0 saturated carbocycles. The van der Waals surface area contributed by atoms with Crippen molar-refractivity contribution in [2.45, 2.75) is 26.0 Å². The summed E-state index contributed by atoms with van der Waals surface area (Å²) >= 11 is 0. The number of sulfonamides is 1. The van der Waals surface area contributed by atoms with Crippen LogP contribution >= 0.6 is 0 Å². The minimum Gasteiger partial charge on any atom is -0.478 e. The van der Waals surface area contributed by atoms with Crippen LogP contribution in [-0.2, 0) is 27.8 Å². The summed E-state index contributed by atoms with van der Waals surface area (Å²) in [7, 11) is 0.0185. The molecule has 0 radical (unpaired) electrons. The summed E-state index contributed by atoms with van der Waals surface area (Å²) in [6.45, 7) is 2.45. The number of furan rings is 1. The van der Waals surface area contributed by atoms with Gasteiger partial charge in [0.2, 0.25) is 15.9 Å². The van der Waals surface area contributed by atoms with Crippen LogP contribution in [-0.4, -0.2) is 57.0 Å². The summed E-state index contributed by atoms with van der Waals surface area (Å²) in [4.78, 5) is 34.2. The first-order chi connectivity index (χ1) is 20.5. The van der Waals surface area contributed by atoms with E-state index in [-0.39, 0.29) is 23.8 Å². The first-order valence-corrected chi connectivity index (χ1v) is 15.4. The number of ether oxygens (including phenoxy) is 1. The van der Waals surface area contributed by atoms with Gasteiger partial charge >= 0.3 is 0 Å². The molecule has 0 aliphatic carbocycles. The summed E-state index contributed by atoms with van der Waals surface area (Å²) in [6.07, 6.45) is 6.51. The Labute approximate surface area is 249 Å². The number of fused-ring (bicyclic) bond motifs is 1. The van der Waals surface area contributed by atoms with Gasteiger partial charge in [-0.05, 0) is 72.5 Å². The normalized spacial score (nSPS) is 13.9. The molecule has 2 aromatic heterocycles. The van der Waals surface area contributed by atoms with E-state index in [1.807, 2.05) is 48.0 Å². The van der Waals surface area contributed by atoms with Crippen molar-refractivity contribution < 1.29 is 31.6 Å². The number of aryl methyl sites for hydroxylation is 1. The third kappa shape index (κ3) is 6.97. The van der Waals surface area contributed by atoms with Crippen molar-refractivity contribution in [1.29, 1.82) is 0 Å². The van der Waals surface area contributed by atoms with Crippen LogP contribution in [0.4, 0.5) is 5.69 Å². The summed E-state index contributed by atoms with van der Waals surface area (Å²) < 4.78 is 43.3. The molecule has 1 atom stereocenters. The van der Waals surface area contributed by atoms with E-state index in [9.17, 15) is 18.0 Å². The lowest BCUT2D eigenvalue weighted by Gasteiger charge is -2.29. The van der Waals surface area contributed by atoms with Crippen LogP contribution in [0.1, 0.15) is 50.4 Å². The second-order valence-corrected chi connectivity index (χ2v) is 12.2. The van der Waals surface area contributed by atoms with Crippen LogP contribution in [0.25, 0.3) is 6.08 Å². The molecule has 0 bridgehead atoms. The Bertz CT molecular complexity index is 1760. The molecule has 1 unspecified atom stereocenters. The van der Waals surface area contributed by atoms with Crippen molar-refractivity contribution >= 4 is 33.6 Å². The Morgan fingerprint density at radius 1 is 1.12 bits per heavy atom. The summed E-state index contributed by atoms with van der Waals surface area (Å²) in [5.41, 5.74) is 3.87. The fourth-order valence-electron chi connectivity index (χ4n) is 4.84. The zero-order valence-corrected chi connectivity index (χ0v) is 25.1. The lowest BCUT2D eigenvalue weighted by Crippen LogP contribution is -2.35. The Balaban J connectivity index is 1.53. The Hall–Kier alpha value is -4.84. The molecular weight excluding hydrogens is 572 g/mol. The van der Waals surface area contributed by atoms with Crippen molar-refractivity contribution in [2.75, 3.05) is 31.8 Å². The van der Waals surface area contributed by atoms with Crippen molar-refractivity contribution in [1.82, 2.24) is 14.6 Å². The molecular formula is C31H32N4O7S. The molecule has 0 fully saturated rings. The van der Waals surface area contributed by atoms with E-state index in [1.165, 1.54) is 18.7 Å². The number of nitrogens with zero attached hydrogens (tertiary/aromatic N) is 3. The Morgan fingerprint density at radius 3 is 2.51 bits per heavy atom. The van der Waals surface area contributed by atoms with E-state index in [4.69, 9.17) is 13.6 Å². The Kier molecular flexibility index (Phi) is 8.40. The highest BCUT2D eigenvalue weighted by Crippen LogP contribution is 2.35. The smallest absolute Gasteiger partial charge is 0.268 e. The van der Waals surface area contributed by atoms with Gasteiger partial charge in [0.05, 0.1) is 18.1 Å². The summed E-state index contributed by atoms with van der Waals surface area (Å²) in [6, 6.07) is 14.5. The highest BCUT2D eigenvalue weighted by molar-refractivity contribution is 7.89. The summed E-state index contributed by atoms with van der Waals surface area (Å²) in [5.74, 6) is 0.223. The number of amides is 2. The van der Waals surface area contributed by atoms with E-state index in [0.717, 1.165) is 28.6 Å². The third-order valence-electron chi connectivity index (χ3n) is 7.07. The van der Waals surface area contributed by atoms with Crippen LogP contribution in [0.15, 0.2) is 76.1 Å². The fourth-order valence-corrected chi connectivity index (χ4v) is 5.29. The van der Waals surface area contributed by atoms with E-state index in [2.05, 4.69) is 4.98 Å². The minimum absolute atomic E-state index is 0.0535. The molecule has 3 heterocycles. The largest absolute Gasteiger partial charge is 0.478 e. The van der Waals surface area contributed by atoms with Crippen molar-refractivity contribution in [2.24, 2.45) is 0 Å². The molecule has 1 N–H and O–H groups in total. The number of oxazole rings is 1. The number of benzene rings is 2. The van der Waals surface area contributed by atoms with Gasteiger partial charge in [-0.2, -0.15) is 0 Å². The maximum atomic E-state index is 13.2. The molecule has 4 aromatic rings.